The third-order valence-corrected chi connectivity index (χ3v) is 4.89. The molecule has 2 N–H and O–H groups in total. The lowest BCUT2D eigenvalue weighted by atomic mass is 10.1. The molecule has 4 nitrogen and oxygen atoms in total. The molecular formula is C14H21N3OS. The maximum absolute atomic E-state index is 12.3. The second kappa shape index (κ2) is 6.28. The smallest absolute Gasteiger partial charge is 0.253 e. The molecule has 104 valence electrons. The summed E-state index contributed by atoms with van der Waals surface area (Å²) in [5.41, 5.74) is 1.47. The quantitative estimate of drug-likeness (QED) is 0.869. The van der Waals surface area contributed by atoms with E-state index in [9.17, 15) is 4.79 Å². The lowest BCUT2D eigenvalue weighted by Gasteiger charge is -2.23. The molecule has 2 rings (SSSR count). The zero-order valence-electron chi connectivity index (χ0n) is 11.5. The highest BCUT2D eigenvalue weighted by atomic mass is 32.2. The van der Waals surface area contributed by atoms with E-state index < -0.39 is 0 Å². The van der Waals surface area contributed by atoms with Crippen LogP contribution in [0.4, 0.5) is 5.69 Å². The molecule has 0 bridgehead atoms. The summed E-state index contributed by atoms with van der Waals surface area (Å²) in [7, 11) is 0. The number of aromatic nitrogens is 1. The van der Waals surface area contributed by atoms with Gasteiger partial charge < -0.3 is 10.6 Å². The van der Waals surface area contributed by atoms with E-state index >= 15 is 0 Å². The van der Waals surface area contributed by atoms with Crippen molar-refractivity contribution in [2.45, 2.75) is 31.4 Å². The number of nitrogens with one attached hydrogen (secondary N) is 2. The molecule has 0 radical (unpaired) electrons. The molecule has 1 unspecified atom stereocenters. The molecule has 19 heavy (non-hydrogen) atoms. The molecule has 1 amide bonds. The van der Waals surface area contributed by atoms with Crippen LogP contribution < -0.4 is 10.6 Å². The molecule has 1 fully saturated rings. The van der Waals surface area contributed by atoms with Crippen molar-refractivity contribution in [1.29, 1.82) is 0 Å². The number of anilines is 1. The standard InChI is InChI=1S/C14H21N3OS/c1-3-16-12-9-15-7-5-11(12)13(18)17-10-14(2)6-4-8-19-14/h5,7,9,16H,3-4,6,8,10H2,1-2H3,(H,17,18). The van der Waals surface area contributed by atoms with Gasteiger partial charge in [0, 0.05) is 24.0 Å². The molecule has 2 heterocycles. The Kier molecular flexibility index (Phi) is 4.69. The highest BCUT2D eigenvalue weighted by molar-refractivity contribution is 8.00. The number of rotatable bonds is 5. The summed E-state index contributed by atoms with van der Waals surface area (Å²) in [6, 6.07) is 1.76. The third kappa shape index (κ3) is 3.62. The number of amides is 1. The van der Waals surface area contributed by atoms with Crippen molar-refractivity contribution in [2.75, 3.05) is 24.2 Å². The Hall–Kier alpha value is -1.23. The fourth-order valence-electron chi connectivity index (χ4n) is 2.26. The number of pyridine rings is 1. The first-order valence-corrected chi connectivity index (χ1v) is 7.73. The van der Waals surface area contributed by atoms with Crippen molar-refractivity contribution in [2.24, 2.45) is 0 Å². The van der Waals surface area contributed by atoms with Gasteiger partial charge >= 0.3 is 0 Å². The minimum atomic E-state index is -0.0212. The van der Waals surface area contributed by atoms with E-state index in [4.69, 9.17) is 0 Å². The van der Waals surface area contributed by atoms with Gasteiger partial charge in [-0.1, -0.05) is 0 Å². The van der Waals surface area contributed by atoms with E-state index in [2.05, 4.69) is 22.5 Å². The molecule has 1 aromatic heterocycles. The minimum absolute atomic E-state index is 0.0212. The molecule has 5 heteroatoms. The van der Waals surface area contributed by atoms with Crippen LogP contribution in [0.1, 0.15) is 37.0 Å². The van der Waals surface area contributed by atoms with Crippen LogP contribution in [0.2, 0.25) is 0 Å². The second-order valence-corrected chi connectivity index (χ2v) is 6.72. The Morgan fingerprint density at radius 2 is 2.42 bits per heavy atom. The average Bonchev–Trinajstić information content (AvgIpc) is 2.85. The molecule has 0 saturated carbocycles. The van der Waals surface area contributed by atoms with Gasteiger partial charge in [-0.15, -0.1) is 0 Å². The van der Waals surface area contributed by atoms with Gasteiger partial charge in [0.2, 0.25) is 0 Å². The number of carbonyl (C=O) groups excluding carboxylic acids is 1. The number of nitrogens with zero attached hydrogens (tertiary/aromatic N) is 1. The lowest BCUT2D eigenvalue weighted by Crippen LogP contribution is -2.37. The predicted octanol–water partition coefficient (Wildman–Crippen LogP) is 2.53. The van der Waals surface area contributed by atoms with Gasteiger partial charge in [0.05, 0.1) is 17.4 Å². The topological polar surface area (TPSA) is 54.0 Å². The van der Waals surface area contributed by atoms with Gasteiger partial charge in [0.15, 0.2) is 0 Å². The van der Waals surface area contributed by atoms with Crippen LogP contribution in [0, 0.1) is 0 Å². The van der Waals surface area contributed by atoms with Crippen LogP contribution in [-0.4, -0.2) is 34.5 Å². The lowest BCUT2D eigenvalue weighted by molar-refractivity contribution is 0.0950. The van der Waals surface area contributed by atoms with Gasteiger partial charge in [-0.2, -0.15) is 11.8 Å². The largest absolute Gasteiger partial charge is 0.383 e. The first kappa shape index (κ1) is 14.2. The van der Waals surface area contributed by atoms with E-state index in [0.717, 1.165) is 18.8 Å². The van der Waals surface area contributed by atoms with Gasteiger partial charge in [0.1, 0.15) is 0 Å². The Labute approximate surface area is 118 Å². The van der Waals surface area contributed by atoms with Crippen LogP contribution in [0.3, 0.4) is 0 Å². The number of thioether (sulfide) groups is 1. The molecule has 0 spiro atoms. The van der Waals surface area contributed by atoms with Crippen LogP contribution >= 0.6 is 11.8 Å². The zero-order chi connectivity index (χ0) is 13.7. The van der Waals surface area contributed by atoms with Crippen LogP contribution in [-0.2, 0) is 0 Å². The SMILES string of the molecule is CCNc1cnccc1C(=O)NCC1(C)CCCS1. The van der Waals surface area contributed by atoms with Crippen molar-refractivity contribution in [1.82, 2.24) is 10.3 Å². The van der Waals surface area contributed by atoms with Crippen molar-refractivity contribution >= 4 is 23.4 Å². The van der Waals surface area contributed by atoms with Crippen molar-refractivity contribution in [3.8, 4) is 0 Å². The molecule has 1 aromatic rings. The third-order valence-electron chi connectivity index (χ3n) is 3.36. The second-order valence-electron chi connectivity index (χ2n) is 5.04. The molecule has 1 saturated heterocycles. The summed E-state index contributed by atoms with van der Waals surface area (Å²) in [6.07, 6.45) is 5.77. The fraction of sp³-hybridized carbons (Fsp3) is 0.571. The summed E-state index contributed by atoms with van der Waals surface area (Å²) in [6.45, 7) is 5.73. The first-order valence-electron chi connectivity index (χ1n) is 6.75. The van der Waals surface area contributed by atoms with E-state index in [0.29, 0.717) is 5.56 Å². The summed E-state index contributed by atoms with van der Waals surface area (Å²) in [4.78, 5) is 16.3. The summed E-state index contributed by atoms with van der Waals surface area (Å²) >= 11 is 1.95. The van der Waals surface area contributed by atoms with Crippen LogP contribution in [0.25, 0.3) is 0 Å². The van der Waals surface area contributed by atoms with Crippen molar-refractivity contribution in [3.05, 3.63) is 24.0 Å². The number of hydrogen-bond acceptors (Lipinski definition) is 4. The minimum Gasteiger partial charge on any atom is -0.383 e. The number of hydrogen-bond donors (Lipinski definition) is 2. The normalized spacial score (nSPS) is 22.2. The summed E-state index contributed by atoms with van der Waals surface area (Å²) in [5.74, 6) is 1.18. The fourth-order valence-corrected chi connectivity index (χ4v) is 3.51. The molecular weight excluding hydrogens is 258 g/mol. The Morgan fingerprint density at radius 1 is 1.58 bits per heavy atom. The Bertz CT molecular complexity index is 444. The summed E-state index contributed by atoms with van der Waals surface area (Å²) in [5, 5.41) is 6.22. The van der Waals surface area contributed by atoms with E-state index in [-0.39, 0.29) is 10.7 Å². The maximum Gasteiger partial charge on any atom is 0.253 e. The molecule has 1 aliphatic rings. The molecule has 0 aliphatic carbocycles. The highest BCUT2D eigenvalue weighted by Crippen LogP contribution is 2.37. The molecule has 0 aromatic carbocycles. The van der Waals surface area contributed by atoms with E-state index in [1.165, 1.54) is 18.6 Å². The Balaban J connectivity index is 1.99. The van der Waals surface area contributed by atoms with Gasteiger partial charge in [0.25, 0.3) is 5.91 Å². The predicted molar refractivity (Wildman–Crippen MR) is 80.8 cm³/mol. The van der Waals surface area contributed by atoms with E-state index in [1.54, 1.807) is 18.5 Å². The van der Waals surface area contributed by atoms with Crippen molar-refractivity contribution in [3.63, 3.8) is 0 Å². The molecule has 1 aliphatic heterocycles. The average molecular weight is 279 g/mol. The first-order chi connectivity index (χ1) is 9.14. The maximum atomic E-state index is 12.3. The van der Waals surface area contributed by atoms with Crippen molar-refractivity contribution < 1.29 is 4.79 Å². The highest BCUT2D eigenvalue weighted by Gasteiger charge is 2.30. The van der Waals surface area contributed by atoms with Crippen LogP contribution in [0.5, 0.6) is 0 Å². The van der Waals surface area contributed by atoms with Gasteiger partial charge in [-0.3, -0.25) is 9.78 Å². The molecule has 1 atom stereocenters. The summed E-state index contributed by atoms with van der Waals surface area (Å²) < 4.78 is 0.195. The number of carbonyl (C=O) groups is 1. The van der Waals surface area contributed by atoms with Crippen LogP contribution in [0.15, 0.2) is 18.5 Å². The zero-order valence-corrected chi connectivity index (χ0v) is 12.3. The van der Waals surface area contributed by atoms with E-state index in [1.807, 2.05) is 18.7 Å². The van der Waals surface area contributed by atoms with Gasteiger partial charge in [-0.05, 0) is 38.5 Å². The Morgan fingerprint density at radius 3 is 3.11 bits per heavy atom. The van der Waals surface area contributed by atoms with Gasteiger partial charge in [-0.25, -0.2) is 0 Å². The monoisotopic (exact) mass is 279 g/mol.